The average Bonchev–Trinajstić information content (AvgIpc) is 2.18. The first-order valence-corrected chi connectivity index (χ1v) is 5.35. The molecule has 0 saturated carbocycles. The number of benzene rings is 1. The van der Waals surface area contributed by atoms with E-state index in [1.807, 2.05) is 32.8 Å². The molecule has 0 unspecified atom stereocenters. The molecule has 78 valence electrons. The molecule has 0 atom stereocenters. The van der Waals surface area contributed by atoms with Gasteiger partial charge in [0, 0.05) is 4.90 Å². The van der Waals surface area contributed by atoms with Crippen LogP contribution in [0.4, 0.5) is 0 Å². The summed E-state index contributed by atoms with van der Waals surface area (Å²) in [7, 11) is 0. The third-order valence-electron chi connectivity index (χ3n) is 1.78. The van der Waals surface area contributed by atoms with Crippen LogP contribution in [-0.2, 0) is 4.79 Å². The molecule has 0 fully saturated rings. The van der Waals surface area contributed by atoms with Crippen LogP contribution in [0.5, 0.6) is 5.75 Å². The van der Waals surface area contributed by atoms with E-state index < -0.39 is 0 Å². The van der Waals surface area contributed by atoms with Gasteiger partial charge < -0.3 is 9.90 Å². The van der Waals surface area contributed by atoms with Gasteiger partial charge in [-0.05, 0) is 42.9 Å². The maximum absolute atomic E-state index is 9.49. The van der Waals surface area contributed by atoms with Crippen LogP contribution in [0.1, 0.15) is 18.1 Å². The third kappa shape index (κ3) is 3.42. The van der Waals surface area contributed by atoms with Crippen LogP contribution in [0.25, 0.3) is 0 Å². The van der Waals surface area contributed by atoms with Crippen LogP contribution >= 0.6 is 11.8 Å². The van der Waals surface area contributed by atoms with E-state index in [1.54, 1.807) is 11.8 Å². The highest BCUT2D eigenvalue weighted by atomic mass is 32.2. The Labute approximate surface area is 89.3 Å². The molecular weight excluding hydrogens is 196 g/mol. The number of carbonyl (C=O) groups excluding carboxylic acids is 1. The van der Waals surface area contributed by atoms with Gasteiger partial charge in [0.05, 0.1) is 0 Å². The van der Waals surface area contributed by atoms with Crippen molar-refractivity contribution in [2.24, 2.45) is 0 Å². The minimum Gasteiger partial charge on any atom is -0.507 e. The monoisotopic (exact) mass is 212 g/mol. The molecule has 0 spiro atoms. The van der Waals surface area contributed by atoms with Gasteiger partial charge in [-0.1, -0.05) is 6.92 Å². The first-order chi connectivity index (χ1) is 6.65. The van der Waals surface area contributed by atoms with Crippen molar-refractivity contribution in [3.05, 3.63) is 23.3 Å². The van der Waals surface area contributed by atoms with Crippen molar-refractivity contribution in [1.82, 2.24) is 0 Å². The summed E-state index contributed by atoms with van der Waals surface area (Å²) in [6.45, 7) is 7.99. The van der Waals surface area contributed by atoms with E-state index in [2.05, 4.69) is 6.92 Å². The fourth-order valence-electron chi connectivity index (χ4n) is 1.17. The smallest absolute Gasteiger partial charge is 0.121 e. The summed E-state index contributed by atoms with van der Waals surface area (Å²) in [5.74, 6) is 1.50. The number of phenols is 1. The number of carbonyl (C=O) groups is 1. The number of hydrogen-bond donors (Lipinski definition) is 1. The summed E-state index contributed by atoms with van der Waals surface area (Å²) in [6.07, 6.45) is 0. The number of thioether (sulfide) groups is 1. The topological polar surface area (TPSA) is 37.3 Å². The lowest BCUT2D eigenvalue weighted by molar-refractivity contribution is -0.0979. The Balaban J connectivity index is 0.000000791. The van der Waals surface area contributed by atoms with Crippen molar-refractivity contribution >= 4 is 18.6 Å². The molecule has 0 aromatic heterocycles. The lowest BCUT2D eigenvalue weighted by Gasteiger charge is -2.05. The van der Waals surface area contributed by atoms with Gasteiger partial charge in [-0.25, -0.2) is 0 Å². The van der Waals surface area contributed by atoms with Gasteiger partial charge in [0.25, 0.3) is 0 Å². The van der Waals surface area contributed by atoms with E-state index in [0.717, 1.165) is 16.9 Å². The fourth-order valence-corrected chi connectivity index (χ4v) is 2.02. The van der Waals surface area contributed by atoms with Crippen molar-refractivity contribution in [2.45, 2.75) is 25.7 Å². The van der Waals surface area contributed by atoms with Gasteiger partial charge in [-0.2, -0.15) is 0 Å². The lowest BCUT2D eigenvalue weighted by atomic mass is 10.1. The first-order valence-electron chi connectivity index (χ1n) is 4.37. The average molecular weight is 212 g/mol. The lowest BCUT2D eigenvalue weighted by Crippen LogP contribution is -1.82. The Hall–Kier alpha value is -0.960. The minimum absolute atomic E-state index is 0.426. The molecule has 1 rings (SSSR count). The summed E-state index contributed by atoms with van der Waals surface area (Å²) in [4.78, 5) is 9.24. The van der Waals surface area contributed by atoms with Crippen molar-refractivity contribution in [2.75, 3.05) is 5.75 Å². The Morgan fingerprint density at radius 1 is 1.29 bits per heavy atom. The van der Waals surface area contributed by atoms with Gasteiger partial charge >= 0.3 is 0 Å². The number of aryl methyl sites for hydroxylation is 2. The Morgan fingerprint density at radius 3 is 2.07 bits per heavy atom. The summed E-state index contributed by atoms with van der Waals surface area (Å²) < 4.78 is 0. The van der Waals surface area contributed by atoms with Gasteiger partial charge in [0.2, 0.25) is 0 Å². The SMILES string of the molecule is C=O.CCSc1cc(C)c(O)c(C)c1. The highest BCUT2D eigenvalue weighted by molar-refractivity contribution is 7.99. The summed E-state index contributed by atoms with van der Waals surface area (Å²) >= 11 is 1.80. The van der Waals surface area contributed by atoms with E-state index in [1.165, 1.54) is 4.90 Å². The summed E-state index contributed by atoms with van der Waals surface area (Å²) in [5.41, 5.74) is 1.93. The molecule has 2 nitrogen and oxygen atoms in total. The molecule has 0 saturated heterocycles. The molecule has 0 aliphatic heterocycles. The maximum atomic E-state index is 9.49. The second-order valence-electron chi connectivity index (χ2n) is 2.84. The molecule has 14 heavy (non-hydrogen) atoms. The van der Waals surface area contributed by atoms with Crippen molar-refractivity contribution in [3.8, 4) is 5.75 Å². The standard InChI is InChI=1S/C10H14OS.CH2O/c1-4-12-9-5-7(2)10(11)8(3)6-9;1-2/h5-6,11H,4H2,1-3H3;1H2. The Morgan fingerprint density at radius 2 is 1.71 bits per heavy atom. The van der Waals surface area contributed by atoms with E-state index in [4.69, 9.17) is 4.79 Å². The Kier molecular flexibility index (Phi) is 6.04. The minimum atomic E-state index is 0.426. The molecule has 1 aromatic rings. The van der Waals surface area contributed by atoms with Gasteiger partial charge in [-0.3, -0.25) is 0 Å². The molecule has 0 heterocycles. The van der Waals surface area contributed by atoms with Crippen LogP contribution in [0, 0.1) is 13.8 Å². The van der Waals surface area contributed by atoms with Gasteiger partial charge in [0.1, 0.15) is 12.5 Å². The zero-order valence-corrected chi connectivity index (χ0v) is 9.65. The van der Waals surface area contributed by atoms with Gasteiger partial charge in [-0.15, -0.1) is 11.8 Å². The van der Waals surface area contributed by atoms with Crippen LogP contribution in [0.3, 0.4) is 0 Å². The first kappa shape index (κ1) is 13.0. The molecule has 0 amide bonds. The highest BCUT2D eigenvalue weighted by Crippen LogP contribution is 2.28. The largest absolute Gasteiger partial charge is 0.507 e. The summed E-state index contributed by atoms with van der Waals surface area (Å²) in [6, 6.07) is 4.05. The predicted molar refractivity (Wildman–Crippen MR) is 61.1 cm³/mol. The normalized spacial score (nSPS) is 9.07. The third-order valence-corrected chi connectivity index (χ3v) is 2.63. The molecular formula is C11H16O2S. The number of hydrogen-bond acceptors (Lipinski definition) is 3. The van der Waals surface area contributed by atoms with Crippen LogP contribution in [0.15, 0.2) is 17.0 Å². The van der Waals surface area contributed by atoms with Crippen molar-refractivity contribution in [1.29, 1.82) is 0 Å². The van der Waals surface area contributed by atoms with Crippen molar-refractivity contribution < 1.29 is 9.90 Å². The van der Waals surface area contributed by atoms with Crippen molar-refractivity contribution in [3.63, 3.8) is 0 Å². The molecule has 0 bridgehead atoms. The number of rotatable bonds is 2. The van der Waals surface area contributed by atoms with Crippen LogP contribution in [-0.4, -0.2) is 17.6 Å². The number of aromatic hydroxyl groups is 1. The van der Waals surface area contributed by atoms with Crippen LogP contribution < -0.4 is 0 Å². The molecule has 1 N–H and O–H groups in total. The zero-order chi connectivity index (χ0) is 11.1. The highest BCUT2D eigenvalue weighted by Gasteiger charge is 2.02. The number of phenolic OH excluding ortho intramolecular Hbond substituents is 1. The second kappa shape index (κ2) is 6.49. The maximum Gasteiger partial charge on any atom is 0.121 e. The quantitative estimate of drug-likeness (QED) is 0.766. The van der Waals surface area contributed by atoms with Crippen LogP contribution in [0.2, 0.25) is 0 Å². The van der Waals surface area contributed by atoms with E-state index in [9.17, 15) is 5.11 Å². The molecule has 0 aliphatic rings. The predicted octanol–water partition coefficient (Wildman–Crippen LogP) is 2.94. The Bertz CT molecular complexity index is 274. The van der Waals surface area contributed by atoms with E-state index >= 15 is 0 Å². The zero-order valence-electron chi connectivity index (χ0n) is 8.83. The molecule has 1 aromatic carbocycles. The molecule has 3 heteroatoms. The summed E-state index contributed by atoms with van der Waals surface area (Å²) in [5, 5.41) is 9.49. The molecule has 0 radical (unpaired) electrons. The van der Waals surface area contributed by atoms with E-state index in [0.29, 0.717) is 5.75 Å². The molecule has 0 aliphatic carbocycles. The van der Waals surface area contributed by atoms with E-state index in [-0.39, 0.29) is 0 Å². The fraction of sp³-hybridized carbons (Fsp3) is 0.364. The second-order valence-corrected chi connectivity index (χ2v) is 4.18. The van der Waals surface area contributed by atoms with Gasteiger partial charge in [0.15, 0.2) is 0 Å².